The molecule has 2 atom stereocenters. The summed E-state index contributed by atoms with van der Waals surface area (Å²) in [6.45, 7) is 0.218. The summed E-state index contributed by atoms with van der Waals surface area (Å²) in [5, 5.41) is 0. The molecule has 0 radical (unpaired) electrons. The number of hydrogen-bond donors (Lipinski definition) is 0. The van der Waals surface area contributed by atoms with Gasteiger partial charge in [-0.05, 0) is 30.3 Å². The van der Waals surface area contributed by atoms with Crippen LogP contribution in [0.2, 0.25) is 0 Å². The molecule has 18 heavy (non-hydrogen) atoms. The van der Waals surface area contributed by atoms with E-state index in [0.717, 1.165) is 17.0 Å². The second kappa shape index (κ2) is 4.24. The molecule has 1 heteroatoms. The van der Waals surface area contributed by atoms with Crippen molar-refractivity contribution >= 4 is 0 Å². The average Bonchev–Trinajstić information content (AvgIpc) is 3.15. The molecule has 3 rings (SSSR count). The molecule has 0 spiro atoms. The van der Waals surface area contributed by atoms with Gasteiger partial charge in [0.15, 0.2) is 11.9 Å². The van der Waals surface area contributed by atoms with Crippen LogP contribution < -0.4 is 4.57 Å². The summed E-state index contributed by atoms with van der Waals surface area (Å²) in [6.07, 6.45) is 3.31. The van der Waals surface area contributed by atoms with Gasteiger partial charge in [0.05, 0.1) is 0 Å². The molecule has 1 aromatic heterocycles. The Morgan fingerprint density at radius 3 is 2.72 bits per heavy atom. The number of rotatable bonds is 2. The van der Waals surface area contributed by atoms with Crippen LogP contribution in [-0.2, 0) is 7.05 Å². The van der Waals surface area contributed by atoms with Crippen molar-refractivity contribution in [2.75, 3.05) is 0 Å². The Bertz CT molecular complexity index is 676. The highest BCUT2D eigenvalue weighted by molar-refractivity contribution is 5.63. The van der Waals surface area contributed by atoms with Gasteiger partial charge in [0.1, 0.15) is 7.05 Å². The second-order valence-corrected chi connectivity index (χ2v) is 5.35. The third-order valence-electron chi connectivity index (χ3n) is 3.87. The van der Waals surface area contributed by atoms with E-state index in [2.05, 4.69) is 36.9 Å². The fourth-order valence-corrected chi connectivity index (χ4v) is 2.57. The minimum atomic E-state index is -2.05. The van der Waals surface area contributed by atoms with Crippen LogP contribution in [0.15, 0.2) is 42.6 Å². The van der Waals surface area contributed by atoms with E-state index in [-0.39, 0.29) is 0 Å². The average molecular weight is 241 g/mol. The molecule has 1 aromatic carbocycles. The van der Waals surface area contributed by atoms with Gasteiger partial charge >= 0.3 is 0 Å². The highest BCUT2D eigenvalue weighted by atomic mass is 14.9. The zero-order chi connectivity index (χ0) is 15.2. The molecule has 1 nitrogen and oxygen atoms in total. The highest BCUT2D eigenvalue weighted by Crippen LogP contribution is 2.46. The number of pyridine rings is 1. The van der Waals surface area contributed by atoms with E-state index in [4.69, 9.17) is 4.11 Å². The van der Waals surface area contributed by atoms with Gasteiger partial charge in [-0.2, -0.15) is 0 Å². The normalized spacial score (nSPS) is 25.1. The number of aromatic nitrogens is 1. The summed E-state index contributed by atoms with van der Waals surface area (Å²) >= 11 is 0. The Morgan fingerprint density at radius 1 is 1.22 bits per heavy atom. The van der Waals surface area contributed by atoms with Crippen molar-refractivity contribution in [3.63, 3.8) is 0 Å². The largest absolute Gasteiger partial charge is 0.205 e. The molecule has 0 aliphatic heterocycles. The Labute approximate surface area is 113 Å². The molecule has 92 valence electrons. The fraction of sp³-hybridized carbons (Fsp3) is 0.353. The predicted octanol–water partition coefficient (Wildman–Crippen LogP) is 3.61. The summed E-state index contributed by atoms with van der Waals surface area (Å²) in [5.74, 6) is 1.39. The standard InChI is InChI=1S/C17H20N/c1-12-5-4-6-14(9-12)15-7-8-18(3)17(11-15)16-10-13(16)2/h4-9,11,13,16H,10H2,1-3H3/q+1/i1D3. The second-order valence-electron chi connectivity index (χ2n) is 5.35. The van der Waals surface area contributed by atoms with E-state index in [1.54, 1.807) is 12.1 Å². The number of hydrogen-bond acceptors (Lipinski definition) is 0. The summed E-state index contributed by atoms with van der Waals surface area (Å²) in [7, 11) is 2.07. The summed E-state index contributed by atoms with van der Waals surface area (Å²) in [4.78, 5) is 0. The van der Waals surface area contributed by atoms with E-state index in [1.165, 1.54) is 12.1 Å². The van der Waals surface area contributed by atoms with E-state index in [9.17, 15) is 0 Å². The van der Waals surface area contributed by atoms with E-state index in [0.29, 0.717) is 11.5 Å². The Morgan fingerprint density at radius 2 is 2.00 bits per heavy atom. The van der Waals surface area contributed by atoms with Crippen molar-refractivity contribution < 1.29 is 8.68 Å². The van der Waals surface area contributed by atoms with Gasteiger partial charge in [-0.15, -0.1) is 0 Å². The lowest BCUT2D eigenvalue weighted by Crippen LogP contribution is -2.32. The fourth-order valence-electron chi connectivity index (χ4n) is 2.57. The Kier molecular flexibility index (Phi) is 1.99. The maximum atomic E-state index is 7.54. The summed E-state index contributed by atoms with van der Waals surface area (Å²) in [5.41, 5.74) is 3.79. The minimum absolute atomic E-state index is 0.398. The van der Waals surface area contributed by atoms with Crippen molar-refractivity contribution in [3.8, 4) is 11.1 Å². The van der Waals surface area contributed by atoms with Crippen LogP contribution in [0.3, 0.4) is 0 Å². The molecule has 0 N–H and O–H groups in total. The van der Waals surface area contributed by atoms with Crippen LogP contribution in [-0.4, -0.2) is 0 Å². The molecule has 0 amide bonds. The summed E-state index contributed by atoms with van der Waals surface area (Å²) < 4.78 is 24.8. The lowest BCUT2D eigenvalue weighted by Gasteiger charge is -2.05. The van der Waals surface area contributed by atoms with Crippen molar-refractivity contribution in [3.05, 3.63) is 53.9 Å². The molecule has 2 unspecified atom stereocenters. The third-order valence-corrected chi connectivity index (χ3v) is 3.87. The van der Waals surface area contributed by atoms with Gasteiger partial charge in [0, 0.05) is 22.2 Å². The van der Waals surface area contributed by atoms with Crippen LogP contribution in [0.5, 0.6) is 0 Å². The topological polar surface area (TPSA) is 3.88 Å². The molecule has 1 aliphatic rings. The molecule has 1 saturated carbocycles. The smallest absolute Gasteiger partial charge is 0.185 e. The van der Waals surface area contributed by atoms with E-state index in [1.807, 2.05) is 12.1 Å². The van der Waals surface area contributed by atoms with Crippen LogP contribution in [0.1, 0.15) is 34.6 Å². The monoisotopic (exact) mass is 241 g/mol. The zero-order valence-corrected chi connectivity index (χ0v) is 10.9. The number of benzene rings is 1. The first kappa shape index (κ1) is 8.47. The molecule has 1 aliphatic carbocycles. The van der Waals surface area contributed by atoms with Gasteiger partial charge in [-0.1, -0.05) is 36.8 Å². The van der Waals surface area contributed by atoms with Crippen LogP contribution in [0, 0.1) is 12.8 Å². The molecule has 0 bridgehead atoms. The molecule has 1 fully saturated rings. The predicted molar refractivity (Wildman–Crippen MR) is 74.3 cm³/mol. The first-order valence-electron chi connectivity index (χ1n) is 7.97. The van der Waals surface area contributed by atoms with Crippen molar-refractivity contribution in [2.24, 2.45) is 13.0 Å². The van der Waals surface area contributed by atoms with E-state index >= 15 is 0 Å². The summed E-state index contributed by atoms with van der Waals surface area (Å²) in [6, 6.07) is 11.5. The van der Waals surface area contributed by atoms with Crippen LogP contribution in [0.4, 0.5) is 0 Å². The van der Waals surface area contributed by atoms with Crippen molar-refractivity contribution in [1.29, 1.82) is 0 Å². The van der Waals surface area contributed by atoms with Gasteiger partial charge in [0.2, 0.25) is 0 Å². The van der Waals surface area contributed by atoms with E-state index < -0.39 is 6.85 Å². The number of aryl methyl sites for hydroxylation is 2. The number of nitrogens with zero attached hydrogens (tertiary/aromatic N) is 1. The first-order chi connectivity index (χ1) is 9.86. The van der Waals surface area contributed by atoms with Gasteiger partial charge < -0.3 is 0 Å². The third kappa shape index (κ3) is 2.05. The Hall–Kier alpha value is -1.63. The molecule has 1 heterocycles. The quantitative estimate of drug-likeness (QED) is 0.707. The van der Waals surface area contributed by atoms with Crippen molar-refractivity contribution in [1.82, 2.24) is 0 Å². The first-order valence-corrected chi connectivity index (χ1v) is 6.47. The molecule has 2 aromatic rings. The molecular formula is C17H20N+. The van der Waals surface area contributed by atoms with Gasteiger partial charge in [0.25, 0.3) is 0 Å². The van der Waals surface area contributed by atoms with Gasteiger partial charge in [-0.25, -0.2) is 4.57 Å². The lowest BCUT2D eigenvalue weighted by molar-refractivity contribution is -0.679. The van der Waals surface area contributed by atoms with Crippen molar-refractivity contribution in [2.45, 2.75) is 26.1 Å². The van der Waals surface area contributed by atoms with Crippen LogP contribution in [0.25, 0.3) is 11.1 Å². The molecule has 0 saturated heterocycles. The maximum absolute atomic E-state index is 7.54. The zero-order valence-electron chi connectivity index (χ0n) is 13.9. The highest BCUT2D eigenvalue weighted by Gasteiger charge is 2.39. The van der Waals surface area contributed by atoms with Crippen LogP contribution >= 0.6 is 0 Å². The lowest BCUT2D eigenvalue weighted by atomic mass is 10.0. The maximum Gasteiger partial charge on any atom is 0.185 e. The SMILES string of the molecule is [2H]C([2H])([2H])c1cccc(-c2cc[n+](C)c(C3CC3C)c2)c1. The molecular weight excluding hydrogens is 218 g/mol. The Balaban J connectivity index is 2.01. The van der Waals surface area contributed by atoms with Gasteiger partial charge in [-0.3, -0.25) is 0 Å². The minimum Gasteiger partial charge on any atom is -0.205 e.